The zero-order valence-electron chi connectivity index (χ0n) is 14.2. The standard InChI is InChI=1S/C19H14N2O6/c1-11(22)27-21-19-14(8-12-4-2-3-5-15(12)26-19)18(23)20-13-6-7-16-17(9-13)25-10-24-16/h2-9H,10H2,1H3,(H,20,23). The van der Waals surface area contributed by atoms with Gasteiger partial charge in [-0.15, -0.1) is 0 Å². The molecule has 0 unspecified atom stereocenters. The van der Waals surface area contributed by atoms with Gasteiger partial charge in [0.05, 0.1) is 0 Å². The highest BCUT2D eigenvalue weighted by molar-refractivity contribution is 6.05. The lowest BCUT2D eigenvalue weighted by Gasteiger charge is -2.07. The highest BCUT2D eigenvalue weighted by Crippen LogP contribution is 2.34. The van der Waals surface area contributed by atoms with Gasteiger partial charge in [0.2, 0.25) is 6.79 Å². The summed E-state index contributed by atoms with van der Waals surface area (Å²) in [5, 5.41) is 7.10. The first-order valence-corrected chi connectivity index (χ1v) is 8.06. The lowest BCUT2D eigenvalue weighted by Crippen LogP contribution is -2.22. The Morgan fingerprint density at radius 1 is 1.07 bits per heavy atom. The van der Waals surface area contributed by atoms with Crippen LogP contribution >= 0.6 is 0 Å². The number of carbonyl (C=O) groups excluding carboxylic acids is 2. The number of anilines is 1. The van der Waals surface area contributed by atoms with Gasteiger partial charge in [0, 0.05) is 24.1 Å². The van der Waals surface area contributed by atoms with Crippen molar-refractivity contribution >= 4 is 28.5 Å². The summed E-state index contributed by atoms with van der Waals surface area (Å²) in [4.78, 5) is 28.5. The van der Waals surface area contributed by atoms with Gasteiger partial charge in [0.15, 0.2) is 11.5 Å². The quantitative estimate of drug-likeness (QED) is 0.565. The molecule has 3 aromatic rings. The van der Waals surface area contributed by atoms with Crippen molar-refractivity contribution in [2.45, 2.75) is 6.92 Å². The number of nitrogens with one attached hydrogen (secondary N) is 1. The Morgan fingerprint density at radius 3 is 2.74 bits per heavy atom. The first-order valence-electron chi connectivity index (χ1n) is 8.06. The van der Waals surface area contributed by atoms with E-state index in [0.717, 1.165) is 0 Å². The minimum absolute atomic E-state index is 0.109. The molecule has 2 heterocycles. The molecule has 1 amide bonds. The number of fused-ring (bicyclic) bond motifs is 2. The average molecular weight is 366 g/mol. The molecule has 4 rings (SSSR count). The van der Waals surface area contributed by atoms with E-state index in [0.29, 0.717) is 28.2 Å². The van der Waals surface area contributed by atoms with Crippen LogP contribution in [0.5, 0.6) is 11.5 Å². The smallest absolute Gasteiger partial charge is 0.332 e. The zero-order chi connectivity index (χ0) is 18.8. The van der Waals surface area contributed by atoms with Crippen LogP contribution in [0, 0.1) is 0 Å². The Morgan fingerprint density at radius 2 is 1.89 bits per heavy atom. The van der Waals surface area contributed by atoms with E-state index in [1.54, 1.807) is 42.5 Å². The van der Waals surface area contributed by atoms with E-state index >= 15 is 0 Å². The van der Waals surface area contributed by atoms with Crippen LogP contribution in [-0.4, -0.2) is 18.7 Å². The van der Waals surface area contributed by atoms with Crippen LogP contribution in [0.2, 0.25) is 0 Å². The van der Waals surface area contributed by atoms with Crippen LogP contribution < -0.4 is 20.3 Å². The molecule has 1 aromatic heterocycles. The molecule has 0 spiro atoms. The lowest BCUT2D eigenvalue weighted by molar-refractivity contribution is -0.141. The number of amides is 1. The minimum atomic E-state index is -0.625. The van der Waals surface area contributed by atoms with Gasteiger partial charge in [-0.3, -0.25) is 4.79 Å². The highest BCUT2D eigenvalue weighted by atomic mass is 16.7. The fourth-order valence-electron chi connectivity index (χ4n) is 2.58. The number of benzene rings is 2. The van der Waals surface area contributed by atoms with Crippen molar-refractivity contribution in [3.05, 3.63) is 59.6 Å². The van der Waals surface area contributed by atoms with Gasteiger partial charge in [0.1, 0.15) is 11.1 Å². The fraction of sp³-hybridized carbons (Fsp3) is 0.105. The van der Waals surface area contributed by atoms with Gasteiger partial charge in [-0.25, -0.2) is 4.79 Å². The van der Waals surface area contributed by atoms with E-state index < -0.39 is 11.9 Å². The molecule has 0 atom stereocenters. The maximum Gasteiger partial charge on any atom is 0.332 e. The molecule has 2 aromatic carbocycles. The Hall–Kier alpha value is -3.81. The van der Waals surface area contributed by atoms with E-state index in [-0.39, 0.29) is 17.9 Å². The van der Waals surface area contributed by atoms with Crippen molar-refractivity contribution in [1.29, 1.82) is 0 Å². The predicted molar refractivity (Wildman–Crippen MR) is 94.1 cm³/mol. The minimum Gasteiger partial charge on any atom is -0.454 e. The number of para-hydroxylation sites is 1. The van der Waals surface area contributed by atoms with E-state index in [2.05, 4.69) is 15.3 Å². The second-order valence-corrected chi connectivity index (χ2v) is 5.70. The molecule has 0 aliphatic carbocycles. The number of ether oxygens (including phenoxy) is 2. The van der Waals surface area contributed by atoms with Crippen LogP contribution in [0.3, 0.4) is 0 Å². The van der Waals surface area contributed by atoms with E-state index in [9.17, 15) is 9.59 Å². The van der Waals surface area contributed by atoms with Crippen molar-refractivity contribution < 1.29 is 28.3 Å². The van der Waals surface area contributed by atoms with E-state index in [4.69, 9.17) is 13.9 Å². The lowest BCUT2D eigenvalue weighted by atomic mass is 10.1. The van der Waals surface area contributed by atoms with Crippen molar-refractivity contribution in [2.24, 2.45) is 5.16 Å². The second-order valence-electron chi connectivity index (χ2n) is 5.70. The van der Waals surface area contributed by atoms with Crippen LogP contribution in [0.4, 0.5) is 5.69 Å². The third kappa shape index (κ3) is 3.45. The van der Waals surface area contributed by atoms with Gasteiger partial charge >= 0.3 is 5.97 Å². The van der Waals surface area contributed by atoms with Crippen LogP contribution in [0.15, 0.2) is 58.1 Å². The molecule has 0 saturated heterocycles. The van der Waals surface area contributed by atoms with Crippen molar-refractivity contribution in [1.82, 2.24) is 0 Å². The molecule has 0 radical (unpaired) electrons. The Labute approximate surface area is 152 Å². The van der Waals surface area contributed by atoms with Crippen molar-refractivity contribution in [2.75, 3.05) is 12.1 Å². The molecule has 27 heavy (non-hydrogen) atoms. The largest absolute Gasteiger partial charge is 0.454 e. The summed E-state index contributed by atoms with van der Waals surface area (Å²) in [6.45, 7) is 1.35. The van der Waals surface area contributed by atoms with Crippen LogP contribution in [-0.2, 0) is 9.63 Å². The zero-order valence-corrected chi connectivity index (χ0v) is 14.2. The van der Waals surface area contributed by atoms with Crippen molar-refractivity contribution in [3.63, 3.8) is 0 Å². The number of hydrogen-bond donors (Lipinski definition) is 1. The molecule has 0 fully saturated rings. The monoisotopic (exact) mass is 366 g/mol. The average Bonchev–Trinajstić information content (AvgIpc) is 3.13. The van der Waals surface area contributed by atoms with Gasteiger partial charge in [-0.2, -0.15) is 0 Å². The summed E-state index contributed by atoms with van der Waals surface area (Å²) in [5.74, 6) is 0.0508. The summed E-state index contributed by atoms with van der Waals surface area (Å²) < 4.78 is 16.2. The second kappa shape index (κ2) is 6.83. The van der Waals surface area contributed by atoms with Crippen LogP contribution in [0.25, 0.3) is 11.0 Å². The fourth-order valence-corrected chi connectivity index (χ4v) is 2.58. The third-order valence-corrected chi connectivity index (χ3v) is 3.79. The van der Waals surface area contributed by atoms with Crippen LogP contribution in [0.1, 0.15) is 17.3 Å². The summed E-state index contributed by atoms with van der Waals surface area (Å²) >= 11 is 0. The van der Waals surface area contributed by atoms with Gasteiger partial charge in [-0.05, 0) is 29.4 Å². The summed E-state index contributed by atoms with van der Waals surface area (Å²) in [5.41, 5.74) is 1.02. The third-order valence-electron chi connectivity index (χ3n) is 3.79. The summed E-state index contributed by atoms with van der Waals surface area (Å²) in [6.07, 6.45) is 0. The predicted octanol–water partition coefficient (Wildman–Crippen LogP) is 2.79. The number of nitrogens with zero attached hydrogens (tertiary/aromatic N) is 1. The first kappa shape index (κ1) is 16.6. The van der Waals surface area contributed by atoms with Gasteiger partial charge in [-0.1, -0.05) is 18.2 Å². The van der Waals surface area contributed by atoms with Gasteiger partial charge < -0.3 is 24.0 Å². The molecule has 1 N–H and O–H groups in total. The first-order chi connectivity index (χ1) is 13.1. The maximum atomic E-state index is 12.8. The molecule has 8 heteroatoms. The van der Waals surface area contributed by atoms with E-state index in [1.807, 2.05) is 6.07 Å². The Bertz CT molecular complexity index is 1120. The molecular weight excluding hydrogens is 352 g/mol. The summed E-state index contributed by atoms with van der Waals surface area (Å²) in [6, 6.07) is 13.8. The molecule has 8 nitrogen and oxygen atoms in total. The Kier molecular flexibility index (Phi) is 4.21. The molecule has 0 bridgehead atoms. The SMILES string of the molecule is CC(=O)ON=c1oc2ccccc2cc1C(=O)Nc1ccc2c(c1)OCO2. The number of carbonyl (C=O) groups is 2. The molecule has 0 saturated carbocycles. The van der Waals surface area contributed by atoms with Gasteiger partial charge in [0.25, 0.3) is 11.5 Å². The molecular formula is C19H14N2O6. The molecule has 1 aliphatic rings. The number of rotatable bonds is 3. The maximum absolute atomic E-state index is 12.8. The molecule has 1 aliphatic heterocycles. The molecule has 136 valence electrons. The highest BCUT2D eigenvalue weighted by Gasteiger charge is 2.17. The Balaban J connectivity index is 1.72. The van der Waals surface area contributed by atoms with Crippen molar-refractivity contribution in [3.8, 4) is 11.5 Å². The number of hydrogen-bond acceptors (Lipinski definition) is 7. The van der Waals surface area contributed by atoms with E-state index in [1.165, 1.54) is 6.92 Å². The summed E-state index contributed by atoms with van der Waals surface area (Å²) in [7, 11) is 0. The topological polar surface area (TPSA) is 99.4 Å². The normalized spacial score (nSPS) is 12.9.